The van der Waals surface area contributed by atoms with Gasteiger partial charge in [-0.3, -0.25) is 0 Å². The SMILES string of the molecule is Cc1cccc(NC(=O)N2CCCCC2c2nc(-c3cccc(Cl)c3)no2)c1. The summed E-state index contributed by atoms with van der Waals surface area (Å²) in [6.45, 7) is 2.65. The number of halogens is 1. The third-order valence-corrected chi connectivity index (χ3v) is 5.08. The minimum absolute atomic E-state index is 0.155. The van der Waals surface area contributed by atoms with Crippen molar-refractivity contribution in [1.29, 1.82) is 0 Å². The molecule has 0 bridgehead atoms. The second kappa shape index (κ2) is 8.02. The summed E-state index contributed by atoms with van der Waals surface area (Å²) >= 11 is 6.06. The van der Waals surface area contributed by atoms with Gasteiger partial charge < -0.3 is 14.7 Å². The molecule has 4 rings (SSSR count). The molecule has 1 aliphatic rings. The van der Waals surface area contributed by atoms with Crippen LogP contribution in [0.15, 0.2) is 53.1 Å². The highest BCUT2D eigenvalue weighted by Crippen LogP contribution is 2.32. The highest BCUT2D eigenvalue weighted by atomic mass is 35.5. The van der Waals surface area contributed by atoms with Crippen molar-refractivity contribution in [2.24, 2.45) is 0 Å². The molecule has 3 aromatic rings. The second-order valence-corrected chi connectivity index (χ2v) is 7.41. The first kappa shape index (κ1) is 18.5. The zero-order valence-corrected chi connectivity index (χ0v) is 16.3. The molecule has 0 aliphatic carbocycles. The topological polar surface area (TPSA) is 71.3 Å². The van der Waals surface area contributed by atoms with Gasteiger partial charge in [-0.2, -0.15) is 4.98 Å². The zero-order valence-electron chi connectivity index (χ0n) is 15.6. The van der Waals surface area contributed by atoms with Crippen molar-refractivity contribution in [3.8, 4) is 11.4 Å². The van der Waals surface area contributed by atoms with E-state index in [1.807, 2.05) is 43.3 Å². The van der Waals surface area contributed by atoms with Gasteiger partial charge in [-0.25, -0.2) is 4.79 Å². The number of nitrogens with zero attached hydrogens (tertiary/aromatic N) is 3. The minimum atomic E-state index is -0.237. The summed E-state index contributed by atoms with van der Waals surface area (Å²) in [6, 6.07) is 14.7. The molecule has 6 nitrogen and oxygen atoms in total. The van der Waals surface area contributed by atoms with E-state index in [0.717, 1.165) is 36.1 Å². The van der Waals surface area contributed by atoms with E-state index < -0.39 is 0 Å². The molecule has 2 aromatic carbocycles. The monoisotopic (exact) mass is 396 g/mol. The van der Waals surface area contributed by atoms with Gasteiger partial charge in [0.2, 0.25) is 11.7 Å². The third kappa shape index (κ3) is 4.02. The molecule has 7 heteroatoms. The molecular weight excluding hydrogens is 376 g/mol. The van der Waals surface area contributed by atoms with Crippen LogP contribution in [0, 0.1) is 6.92 Å². The number of anilines is 1. The Balaban J connectivity index is 1.55. The summed E-state index contributed by atoms with van der Waals surface area (Å²) in [5.74, 6) is 0.927. The van der Waals surface area contributed by atoms with E-state index in [1.165, 1.54) is 0 Å². The Morgan fingerprint density at radius 3 is 2.89 bits per heavy atom. The Hall–Kier alpha value is -2.86. The fourth-order valence-corrected chi connectivity index (χ4v) is 3.66. The van der Waals surface area contributed by atoms with E-state index in [2.05, 4.69) is 15.5 Å². The van der Waals surface area contributed by atoms with Gasteiger partial charge in [0.25, 0.3) is 0 Å². The Bertz CT molecular complexity index is 988. The second-order valence-electron chi connectivity index (χ2n) is 6.97. The summed E-state index contributed by atoms with van der Waals surface area (Å²) < 4.78 is 5.52. The quantitative estimate of drug-likeness (QED) is 0.638. The van der Waals surface area contributed by atoms with Gasteiger partial charge in [0.05, 0.1) is 0 Å². The Labute approximate surface area is 168 Å². The first-order chi connectivity index (χ1) is 13.6. The molecule has 144 valence electrons. The Kier molecular flexibility index (Phi) is 5.30. The summed E-state index contributed by atoms with van der Waals surface area (Å²) in [5, 5.41) is 7.68. The number of rotatable bonds is 3. The molecule has 1 unspecified atom stereocenters. The van der Waals surface area contributed by atoms with Gasteiger partial charge in [0.1, 0.15) is 6.04 Å². The predicted octanol–water partition coefficient (Wildman–Crippen LogP) is 5.46. The number of nitrogens with one attached hydrogen (secondary N) is 1. The molecule has 28 heavy (non-hydrogen) atoms. The fraction of sp³-hybridized carbons (Fsp3) is 0.286. The van der Waals surface area contributed by atoms with E-state index in [4.69, 9.17) is 16.1 Å². The lowest BCUT2D eigenvalue weighted by Crippen LogP contribution is -2.41. The maximum Gasteiger partial charge on any atom is 0.322 e. The molecular formula is C21H21ClN4O2. The molecule has 0 saturated carbocycles. The van der Waals surface area contributed by atoms with Crippen LogP contribution in [0.25, 0.3) is 11.4 Å². The average molecular weight is 397 g/mol. The number of amides is 2. The van der Waals surface area contributed by atoms with Crippen molar-refractivity contribution in [3.63, 3.8) is 0 Å². The van der Waals surface area contributed by atoms with Gasteiger partial charge >= 0.3 is 6.03 Å². The van der Waals surface area contributed by atoms with Crippen LogP contribution in [0.4, 0.5) is 10.5 Å². The number of likely N-dealkylation sites (tertiary alicyclic amines) is 1. The fourth-order valence-electron chi connectivity index (χ4n) is 3.46. The van der Waals surface area contributed by atoms with Gasteiger partial charge in [0.15, 0.2) is 0 Å². The lowest BCUT2D eigenvalue weighted by atomic mass is 10.0. The molecule has 0 radical (unpaired) electrons. The van der Waals surface area contributed by atoms with E-state index in [1.54, 1.807) is 17.0 Å². The van der Waals surface area contributed by atoms with Crippen LogP contribution in [-0.4, -0.2) is 27.6 Å². The normalized spacial score (nSPS) is 16.8. The molecule has 2 heterocycles. The van der Waals surface area contributed by atoms with Crippen LogP contribution in [0.2, 0.25) is 5.02 Å². The van der Waals surface area contributed by atoms with E-state index >= 15 is 0 Å². The first-order valence-corrected chi connectivity index (χ1v) is 9.72. The van der Waals surface area contributed by atoms with Crippen molar-refractivity contribution in [2.45, 2.75) is 32.2 Å². The van der Waals surface area contributed by atoms with Crippen LogP contribution in [0.3, 0.4) is 0 Å². The summed E-state index contributed by atoms with van der Waals surface area (Å²) in [7, 11) is 0. The lowest BCUT2D eigenvalue weighted by molar-refractivity contribution is 0.142. The van der Waals surface area contributed by atoms with Crippen molar-refractivity contribution in [3.05, 3.63) is 65.0 Å². The highest BCUT2D eigenvalue weighted by molar-refractivity contribution is 6.30. The molecule has 1 aliphatic heterocycles. The maximum atomic E-state index is 12.9. The van der Waals surface area contributed by atoms with Crippen LogP contribution < -0.4 is 5.32 Å². The van der Waals surface area contributed by atoms with Crippen LogP contribution in [0.5, 0.6) is 0 Å². The molecule has 1 atom stereocenters. The lowest BCUT2D eigenvalue weighted by Gasteiger charge is -2.33. The van der Waals surface area contributed by atoms with Crippen molar-refractivity contribution >= 4 is 23.3 Å². The van der Waals surface area contributed by atoms with Gasteiger partial charge in [0, 0.05) is 22.8 Å². The zero-order chi connectivity index (χ0) is 19.5. The van der Waals surface area contributed by atoms with Gasteiger partial charge in [-0.15, -0.1) is 0 Å². The number of piperidine rings is 1. The number of aryl methyl sites for hydroxylation is 1. The van der Waals surface area contributed by atoms with Crippen molar-refractivity contribution in [2.75, 3.05) is 11.9 Å². The Morgan fingerprint density at radius 1 is 1.21 bits per heavy atom. The molecule has 1 aromatic heterocycles. The molecule has 2 amide bonds. The smallest absolute Gasteiger partial charge is 0.322 e. The largest absolute Gasteiger partial charge is 0.337 e. The number of benzene rings is 2. The van der Waals surface area contributed by atoms with Crippen LogP contribution in [-0.2, 0) is 0 Å². The first-order valence-electron chi connectivity index (χ1n) is 9.34. The molecule has 1 saturated heterocycles. The highest BCUT2D eigenvalue weighted by Gasteiger charge is 2.32. The molecule has 1 N–H and O–H groups in total. The number of urea groups is 1. The van der Waals surface area contributed by atoms with Crippen LogP contribution >= 0.6 is 11.6 Å². The van der Waals surface area contributed by atoms with Crippen LogP contribution in [0.1, 0.15) is 36.8 Å². The van der Waals surface area contributed by atoms with E-state index in [9.17, 15) is 4.79 Å². The van der Waals surface area contributed by atoms with E-state index in [0.29, 0.717) is 23.3 Å². The molecule has 0 spiro atoms. The number of carbonyl (C=O) groups excluding carboxylic acids is 1. The average Bonchev–Trinajstić information content (AvgIpc) is 3.18. The van der Waals surface area contributed by atoms with E-state index in [-0.39, 0.29) is 12.1 Å². The number of hydrogen-bond acceptors (Lipinski definition) is 4. The standard InChI is InChI=1S/C21H21ClN4O2/c1-14-6-4-9-17(12-14)23-21(27)26-11-3-2-10-18(26)20-24-19(25-28-20)15-7-5-8-16(22)13-15/h4-9,12-13,18H,2-3,10-11H2,1H3,(H,23,27). The van der Waals surface area contributed by atoms with Gasteiger partial charge in [-0.05, 0) is 56.0 Å². The van der Waals surface area contributed by atoms with Gasteiger partial charge in [-0.1, -0.05) is 41.0 Å². The number of carbonyl (C=O) groups is 1. The summed E-state index contributed by atoms with van der Waals surface area (Å²) in [6.07, 6.45) is 2.75. The van der Waals surface area contributed by atoms with Crippen molar-refractivity contribution in [1.82, 2.24) is 15.0 Å². The summed E-state index contributed by atoms with van der Waals surface area (Å²) in [5.41, 5.74) is 2.66. The minimum Gasteiger partial charge on any atom is -0.337 e. The third-order valence-electron chi connectivity index (χ3n) is 4.84. The predicted molar refractivity (Wildman–Crippen MR) is 108 cm³/mol. The van der Waals surface area contributed by atoms with Crippen molar-refractivity contribution < 1.29 is 9.32 Å². The maximum absolute atomic E-state index is 12.9. The molecule has 1 fully saturated rings. The number of hydrogen-bond donors (Lipinski definition) is 1. The summed E-state index contributed by atoms with van der Waals surface area (Å²) in [4.78, 5) is 19.2. The number of aromatic nitrogens is 2. The Morgan fingerprint density at radius 2 is 2.07 bits per heavy atom.